The Kier molecular flexibility index (Phi) is 2.54. The average molecular weight is 139 g/mol. The summed E-state index contributed by atoms with van der Waals surface area (Å²) in [6, 6.07) is -0.623. The molecule has 1 aliphatic rings. The van der Waals surface area contributed by atoms with Gasteiger partial charge in [-0.3, -0.25) is 0 Å². The maximum atomic E-state index is 10.5. The van der Waals surface area contributed by atoms with Crippen LogP contribution in [0.5, 0.6) is 0 Å². The van der Waals surface area contributed by atoms with Crippen LogP contribution in [0.1, 0.15) is 25.7 Å². The molecule has 1 N–H and O–H groups in total. The van der Waals surface area contributed by atoms with Gasteiger partial charge in [0.1, 0.15) is 0 Å². The highest BCUT2D eigenvalue weighted by Gasteiger charge is 2.12. The Morgan fingerprint density at radius 1 is 1.40 bits per heavy atom. The largest absolute Gasteiger partial charge is 0.336 e. The molecule has 0 aromatic heterocycles. The summed E-state index contributed by atoms with van der Waals surface area (Å²) in [5.41, 5.74) is 6.79. The van der Waals surface area contributed by atoms with Crippen molar-refractivity contribution in [2.24, 2.45) is 0 Å². The highest BCUT2D eigenvalue weighted by Crippen LogP contribution is 2.12. The normalized spacial score (nSPS) is 20.2. The van der Waals surface area contributed by atoms with Gasteiger partial charge in [-0.25, -0.2) is 10.5 Å². The van der Waals surface area contributed by atoms with Gasteiger partial charge in [-0.2, -0.15) is 0 Å². The first-order chi connectivity index (χ1) is 4.80. The lowest BCUT2D eigenvalue weighted by atomic mass is 10.2. The van der Waals surface area contributed by atoms with Crippen LogP contribution in [0.4, 0.5) is 4.79 Å². The van der Waals surface area contributed by atoms with Gasteiger partial charge in [0, 0.05) is 6.54 Å². The zero-order valence-electron chi connectivity index (χ0n) is 5.89. The van der Waals surface area contributed by atoms with E-state index in [4.69, 9.17) is 5.73 Å². The van der Waals surface area contributed by atoms with E-state index in [9.17, 15) is 4.79 Å². The van der Waals surface area contributed by atoms with Crippen LogP contribution in [0.15, 0.2) is 0 Å². The molecule has 2 amide bonds. The summed E-state index contributed by atoms with van der Waals surface area (Å²) in [5, 5.41) is 0. The van der Waals surface area contributed by atoms with Crippen LogP contribution in [0, 0.1) is 6.54 Å². The van der Waals surface area contributed by atoms with Gasteiger partial charge in [0.15, 0.2) is 0 Å². The molecule has 0 aliphatic carbocycles. The van der Waals surface area contributed by atoms with Gasteiger partial charge in [0.05, 0.1) is 6.54 Å². The molecule has 0 spiro atoms. The third kappa shape index (κ3) is 1.90. The van der Waals surface area contributed by atoms with Gasteiger partial charge in [0.25, 0.3) is 0 Å². The summed E-state index contributed by atoms with van der Waals surface area (Å²) in [6.45, 7) is 3.56. The van der Waals surface area contributed by atoms with E-state index in [2.05, 4.69) is 6.54 Å². The molecular formula is C7H11N2O. The van der Waals surface area contributed by atoms with E-state index in [1.807, 2.05) is 0 Å². The quantitative estimate of drug-likeness (QED) is 0.499. The number of carbonyl (C=O) groups excluding carboxylic acids is 1. The molecule has 0 aromatic carbocycles. The van der Waals surface area contributed by atoms with Crippen molar-refractivity contribution in [1.82, 2.24) is 10.6 Å². The van der Waals surface area contributed by atoms with Crippen molar-refractivity contribution in [3.05, 3.63) is 6.54 Å². The molecule has 3 nitrogen and oxygen atoms in total. The van der Waals surface area contributed by atoms with Crippen LogP contribution in [0.3, 0.4) is 0 Å². The summed E-state index contributed by atoms with van der Waals surface area (Å²) in [5.74, 6) is 0. The summed E-state index contributed by atoms with van der Waals surface area (Å²) in [4.78, 5) is 11.8. The maximum absolute atomic E-state index is 10.5. The molecule has 3 radical (unpaired) electrons. The van der Waals surface area contributed by atoms with E-state index in [-0.39, 0.29) is 0 Å². The molecule has 0 aromatic rings. The van der Waals surface area contributed by atoms with Gasteiger partial charge in [-0.05, 0) is 12.8 Å². The first-order valence-corrected chi connectivity index (χ1v) is 3.57. The number of nitrogens with zero attached hydrogens (tertiary/aromatic N) is 1. The van der Waals surface area contributed by atoms with Crippen molar-refractivity contribution < 1.29 is 4.79 Å². The predicted octanol–water partition coefficient (Wildman–Crippen LogP) is 1.30. The lowest BCUT2D eigenvalue weighted by Crippen LogP contribution is -2.27. The Bertz CT molecular complexity index is 117. The van der Waals surface area contributed by atoms with Gasteiger partial charge >= 0.3 is 6.03 Å². The fourth-order valence-corrected chi connectivity index (χ4v) is 1.04. The van der Waals surface area contributed by atoms with Gasteiger partial charge in [-0.15, -0.1) is 0 Å². The van der Waals surface area contributed by atoms with Crippen molar-refractivity contribution in [2.75, 3.05) is 6.54 Å². The molecule has 1 aliphatic heterocycles. The Balaban J connectivity index is 2.35. The average Bonchev–Trinajstić information content (AvgIpc) is 2.12. The Hall–Kier alpha value is -0.730. The second-order valence-electron chi connectivity index (χ2n) is 2.43. The standard InChI is InChI=1S/C7H11N2O/c8-7(10)9-5-3-1-2-4-6-9/h8H,1-5H2. The fourth-order valence-electron chi connectivity index (χ4n) is 1.04. The smallest absolute Gasteiger partial charge is 0.313 e. The van der Waals surface area contributed by atoms with E-state index in [0.29, 0.717) is 6.54 Å². The predicted molar refractivity (Wildman–Crippen MR) is 36.9 cm³/mol. The van der Waals surface area contributed by atoms with Crippen LogP contribution in [-0.2, 0) is 0 Å². The molecule has 0 atom stereocenters. The summed E-state index contributed by atoms with van der Waals surface area (Å²) in [6.07, 6.45) is 4.09. The van der Waals surface area contributed by atoms with Crippen LogP contribution in [0.2, 0.25) is 0 Å². The molecule has 0 saturated carbocycles. The van der Waals surface area contributed by atoms with E-state index in [1.165, 1.54) is 4.90 Å². The highest BCUT2D eigenvalue weighted by molar-refractivity contribution is 5.71. The first kappa shape index (κ1) is 7.38. The fraction of sp³-hybridized carbons (Fsp3) is 0.714. The molecule has 1 heterocycles. The van der Waals surface area contributed by atoms with E-state index < -0.39 is 6.03 Å². The number of hydrogen-bond acceptors (Lipinski definition) is 1. The molecule has 0 unspecified atom stereocenters. The van der Waals surface area contributed by atoms with Crippen molar-refractivity contribution in [2.45, 2.75) is 25.7 Å². The minimum atomic E-state index is -0.623. The molecule has 55 valence electrons. The molecule has 3 heteroatoms. The second-order valence-corrected chi connectivity index (χ2v) is 2.43. The van der Waals surface area contributed by atoms with Crippen molar-refractivity contribution in [3.63, 3.8) is 0 Å². The highest BCUT2D eigenvalue weighted by atomic mass is 16.2. The van der Waals surface area contributed by atoms with Gasteiger partial charge in [-0.1, -0.05) is 12.8 Å². The van der Waals surface area contributed by atoms with Crippen molar-refractivity contribution in [1.29, 1.82) is 0 Å². The lowest BCUT2D eigenvalue weighted by molar-refractivity contribution is 0.217. The lowest BCUT2D eigenvalue weighted by Gasteiger charge is -2.13. The number of hydrogen-bond donors (Lipinski definition) is 0. The van der Waals surface area contributed by atoms with Crippen LogP contribution >= 0.6 is 0 Å². The second kappa shape index (κ2) is 3.44. The maximum Gasteiger partial charge on any atom is 0.336 e. The zero-order valence-corrected chi connectivity index (χ0v) is 5.89. The molecule has 1 rings (SSSR count). The van der Waals surface area contributed by atoms with E-state index in [0.717, 1.165) is 25.7 Å². The SMILES string of the molecule is [NH]C(=O)N1[C]CCCCC1. The third-order valence-corrected chi connectivity index (χ3v) is 1.61. The molecular weight excluding hydrogens is 128 g/mol. The minimum absolute atomic E-state index is 0.623. The third-order valence-electron chi connectivity index (χ3n) is 1.61. The first-order valence-electron chi connectivity index (χ1n) is 3.57. The van der Waals surface area contributed by atoms with E-state index >= 15 is 0 Å². The van der Waals surface area contributed by atoms with Crippen LogP contribution in [0.25, 0.3) is 0 Å². The number of urea groups is 1. The Morgan fingerprint density at radius 2 is 2.20 bits per heavy atom. The summed E-state index contributed by atoms with van der Waals surface area (Å²) in [7, 11) is 0. The van der Waals surface area contributed by atoms with Crippen molar-refractivity contribution >= 4 is 6.03 Å². The monoisotopic (exact) mass is 139 g/mol. The zero-order chi connectivity index (χ0) is 7.40. The number of amides is 2. The minimum Gasteiger partial charge on any atom is -0.313 e. The Labute approximate surface area is 61.2 Å². The van der Waals surface area contributed by atoms with Gasteiger partial charge in [0.2, 0.25) is 0 Å². The number of rotatable bonds is 0. The van der Waals surface area contributed by atoms with E-state index in [1.54, 1.807) is 0 Å². The summed E-state index contributed by atoms with van der Waals surface area (Å²) >= 11 is 0. The topological polar surface area (TPSA) is 44.1 Å². The van der Waals surface area contributed by atoms with Crippen LogP contribution in [-0.4, -0.2) is 17.5 Å². The van der Waals surface area contributed by atoms with Gasteiger partial charge < -0.3 is 4.90 Å². The molecule has 1 fully saturated rings. The number of nitrogens with one attached hydrogen (secondary N) is 1. The molecule has 10 heavy (non-hydrogen) atoms. The number of likely N-dealkylation sites (tertiary alicyclic amines) is 1. The molecule has 1 saturated heterocycles. The Morgan fingerprint density at radius 3 is 2.90 bits per heavy atom. The van der Waals surface area contributed by atoms with Crippen LogP contribution < -0.4 is 5.73 Å². The summed E-state index contributed by atoms with van der Waals surface area (Å²) < 4.78 is 0. The molecule has 0 bridgehead atoms. The number of carbonyl (C=O) groups is 1. The van der Waals surface area contributed by atoms with Crippen molar-refractivity contribution in [3.8, 4) is 0 Å².